The van der Waals surface area contributed by atoms with Gasteiger partial charge in [0.2, 0.25) is 5.91 Å². The van der Waals surface area contributed by atoms with E-state index in [1.807, 2.05) is 18.4 Å². The Morgan fingerprint density at radius 2 is 2.22 bits per heavy atom. The fourth-order valence-electron chi connectivity index (χ4n) is 2.01. The lowest BCUT2D eigenvalue weighted by molar-refractivity contribution is -0.142. The van der Waals surface area contributed by atoms with E-state index >= 15 is 0 Å². The molecule has 2 N–H and O–H groups in total. The molecule has 1 atom stereocenters. The molecule has 2 aromatic rings. The highest BCUT2D eigenvalue weighted by molar-refractivity contribution is 7.23. The number of halogens is 1. The van der Waals surface area contributed by atoms with Crippen molar-refractivity contribution >= 4 is 46.2 Å². The first-order chi connectivity index (χ1) is 11.0. The Labute approximate surface area is 147 Å². The number of hydrogen-bond acceptors (Lipinski definition) is 5. The Morgan fingerprint density at radius 3 is 2.83 bits per heavy atom. The van der Waals surface area contributed by atoms with Crippen LogP contribution in [-0.4, -0.2) is 28.0 Å². The summed E-state index contributed by atoms with van der Waals surface area (Å²) in [6.07, 6.45) is 2.16. The zero-order valence-corrected chi connectivity index (χ0v) is 14.9. The number of carbonyl (C=O) groups excluding carboxylic acids is 1. The first-order valence-corrected chi connectivity index (χ1v) is 9.29. The molecule has 124 valence electrons. The smallest absolute Gasteiger partial charge is 0.326 e. The van der Waals surface area contributed by atoms with Gasteiger partial charge in [-0.05, 0) is 18.6 Å². The minimum absolute atomic E-state index is 0.0749. The first-order valence-electron chi connectivity index (χ1n) is 7.22. The molecule has 0 unspecified atom stereocenters. The number of carboxylic acid groups (broad SMARTS) is 1. The third-order valence-electron chi connectivity index (χ3n) is 3.16. The van der Waals surface area contributed by atoms with Crippen LogP contribution in [0.4, 0.5) is 0 Å². The summed E-state index contributed by atoms with van der Waals surface area (Å²) in [4.78, 5) is 28.5. The number of aliphatic carboxylic acids is 1. The highest BCUT2D eigenvalue weighted by Gasteiger charge is 2.20. The predicted molar refractivity (Wildman–Crippen MR) is 93.2 cm³/mol. The Morgan fingerprint density at radius 1 is 1.43 bits per heavy atom. The van der Waals surface area contributed by atoms with Crippen molar-refractivity contribution in [3.05, 3.63) is 27.5 Å². The molecule has 0 aromatic carbocycles. The molecular weight excluding hydrogens is 356 g/mol. The highest BCUT2D eigenvalue weighted by Crippen LogP contribution is 2.32. The average Bonchev–Trinajstić information content (AvgIpc) is 3.12. The van der Waals surface area contributed by atoms with Gasteiger partial charge in [-0.3, -0.25) is 4.79 Å². The summed E-state index contributed by atoms with van der Waals surface area (Å²) in [6.45, 7) is 1.98. The Balaban J connectivity index is 1.95. The fraction of sp³-hybridized carbons (Fsp3) is 0.400. The molecule has 5 nitrogen and oxygen atoms in total. The normalized spacial score (nSPS) is 12.1. The van der Waals surface area contributed by atoms with Gasteiger partial charge in [0.25, 0.3) is 0 Å². The van der Waals surface area contributed by atoms with E-state index in [1.165, 1.54) is 22.7 Å². The number of unbranched alkanes of at least 4 members (excludes halogenated alkanes) is 1. The standard InChI is InChI=1S/C15H17ClN2O3S2/c1-2-3-4-10(15(20)21)18-13(19)7-9-8-22-14(17-9)11-5-6-12(16)23-11/h5-6,8,10H,2-4,7H2,1H3,(H,18,19)(H,20,21)/t10-/m0/s1. The highest BCUT2D eigenvalue weighted by atomic mass is 35.5. The van der Waals surface area contributed by atoms with E-state index in [2.05, 4.69) is 10.3 Å². The van der Waals surface area contributed by atoms with Crippen LogP contribution in [0.15, 0.2) is 17.5 Å². The van der Waals surface area contributed by atoms with Gasteiger partial charge in [-0.1, -0.05) is 31.4 Å². The van der Waals surface area contributed by atoms with Crippen LogP contribution in [-0.2, 0) is 16.0 Å². The van der Waals surface area contributed by atoms with Crippen molar-refractivity contribution in [2.24, 2.45) is 0 Å². The van der Waals surface area contributed by atoms with Crippen LogP contribution >= 0.6 is 34.3 Å². The van der Waals surface area contributed by atoms with Crippen LogP contribution in [0.25, 0.3) is 9.88 Å². The summed E-state index contributed by atoms with van der Waals surface area (Å²) in [5.74, 6) is -1.33. The Kier molecular flexibility index (Phi) is 6.56. The minimum Gasteiger partial charge on any atom is -0.480 e. The van der Waals surface area contributed by atoms with Crippen LogP contribution in [0.1, 0.15) is 31.9 Å². The van der Waals surface area contributed by atoms with Crippen LogP contribution in [0.5, 0.6) is 0 Å². The maximum absolute atomic E-state index is 12.0. The van der Waals surface area contributed by atoms with Crippen LogP contribution < -0.4 is 5.32 Å². The number of nitrogens with zero attached hydrogens (tertiary/aromatic N) is 1. The number of carboxylic acids is 1. The van der Waals surface area contributed by atoms with Crippen molar-refractivity contribution in [2.75, 3.05) is 0 Å². The second kappa shape index (κ2) is 8.42. The molecule has 0 fully saturated rings. The Bertz CT molecular complexity index is 684. The zero-order chi connectivity index (χ0) is 16.8. The average molecular weight is 373 g/mol. The maximum Gasteiger partial charge on any atom is 0.326 e. The molecular formula is C15H17ClN2O3S2. The lowest BCUT2D eigenvalue weighted by Crippen LogP contribution is -2.41. The summed E-state index contributed by atoms with van der Waals surface area (Å²) in [5, 5.41) is 14.3. The molecule has 0 saturated carbocycles. The molecule has 2 heterocycles. The number of hydrogen-bond donors (Lipinski definition) is 2. The molecule has 0 aliphatic rings. The van der Waals surface area contributed by atoms with Gasteiger partial charge in [0.1, 0.15) is 11.0 Å². The largest absolute Gasteiger partial charge is 0.480 e. The molecule has 0 aliphatic carbocycles. The van der Waals surface area contributed by atoms with Gasteiger partial charge in [0.05, 0.1) is 21.3 Å². The molecule has 23 heavy (non-hydrogen) atoms. The number of thiazole rings is 1. The van der Waals surface area contributed by atoms with Gasteiger partial charge < -0.3 is 10.4 Å². The van der Waals surface area contributed by atoms with Gasteiger partial charge in [0, 0.05) is 5.38 Å². The van der Waals surface area contributed by atoms with E-state index in [9.17, 15) is 9.59 Å². The molecule has 0 aliphatic heterocycles. The van der Waals surface area contributed by atoms with Crippen molar-refractivity contribution < 1.29 is 14.7 Å². The zero-order valence-electron chi connectivity index (χ0n) is 12.5. The quantitative estimate of drug-likeness (QED) is 0.738. The second-order valence-corrected chi connectivity index (χ2v) is 7.60. The van der Waals surface area contributed by atoms with E-state index in [1.54, 1.807) is 6.07 Å². The summed E-state index contributed by atoms with van der Waals surface area (Å²) in [7, 11) is 0. The molecule has 0 radical (unpaired) electrons. The number of aromatic nitrogens is 1. The predicted octanol–water partition coefficient (Wildman–Crippen LogP) is 3.83. The number of thiophene rings is 1. The van der Waals surface area contributed by atoms with Crippen molar-refractivity contribution in [3.63, 3.8) is 0 Å². The van der Waals surface area contributed by atoms with E-state index in [0.717, 1.165) is 22.7 Å². The molecule has 2 rings (SSSR count). The second-order valence-electron chi connectivity index (χ2n) is 5.03. The van der Waals surface area contributed by atoms with Gasteiger partial charge in [-0.25, -0.2) is 9.78 Å². The summed E-state index contributed by atoms with van der Waals surface area (Å²) in [6, 6.07) is 2.86. The topological polar surface area (TPSA) is 79.3 Å². The van der Waals surface area contributed by atoms with Gasteiger partial charge in [-0.2, -0.15) is 0 Å². The SMILES string of the molecule is CCCC[C@H](NC(=O)Cc1csc(-c2ccc(Cl)s2)n1)C(=O)O. The van der Waals surface area contributed by atoms with Gasteiger partial charge in [0.15, 0.2) is 0 Å². The van der Waals surface area contributed by atoms with Crippen LogP contribution in [0.2, 0.25) is 4.34 Å². The number of amides is 1. The third-order valence-corrected chi connectivity index (χ3v) is 5.45. The number of rotatable bonds is 8. The lowest BCUT2D eigenvalue weighted by Gasteiger charge is -2.13. The van der Waals surface area contributed by atoms with E-state index in [4.69, 9.17) is 16.7 Å². The van der Waals surface area contributed by atoms with Gasteiger partial charge >= 0.3 is 5.97 Å². The molecule has 2 aromatic heterocycles. The van der Waals surface area contributed by atoms with Crippen molar-refractivity contribution in [3.8, 4) is 9.88 Å². The van der Waals surface area contributed by atoms with Gasteiger partial charge in [-0.15, -0.1) is 22.7 Å². The lowest BCUT2D eigenvalue weighted by atomic mass is 10.1. The fourth-order valence-corrected chi connectivity index (χ4v) is 3.94. The molecule has 0 bridgehead atoms. The van der Waals surface area contributed by atoms with E-state index < -0.39 is 12.0 Å². The van der Waals surface area contributed by atoms with Crippen molar-refractivity contribution in [1.82, 2.24) is 10.3 Å². The van der Waals surface area contributed by atoms with Crippen LogP contribution in [0.3, 0.4) is 0 Å². The summed E-state index contributed by atoms with van der Waals surface area (Å²) >= 11 is 8.78. The number of carbonyl (C=O) groups is 2. The van der Waals surface area contributed by atoms with Crippen molar-refractivity contribution in [2.45, 2.75) is 38.6 Å². The first kappa shape index (κ1) is 17.9. The van der Waals surface area contributed by atoms with Crippen molar-refractivity contribution in [1.29, 1.82) is 0 Å². The minimum atomic E-state index is -1.00. The third kappa shape index (κ3) is 5.30. The van der Waals surface area contributed by atoms with E-state index in [-0.39, 0.29) is 12.3 Å². The summed E-state index contributed by atoms with van der Waals surface area (Å²) < 4.78 is 0.690. The maximum atomic E-state index is 12.0. The molecule has 1 amide bonds. The molecule has 0 spiro atoms. The number of nitrogens with one attached hydrogen (secondary N) is 1. The van der Waals surface area contributed by atoms with E-state index in [0.29, 0.717) is 16.5 Å². The van der Waals surface area contributed by atoms with Crippen LogP contribution in [0, 0.1) is 0 Å². The Hall–Kier alpha value is -1.44. The monoisotopic (exact) mass is 372 g/mol. The molecule has 8 heteroatoms. The summed E-state index contributed by atoms with van der Waals surface area (Å²) in [5.41, 5.74) is 0.631. The molecule has 0 saturated heterocycles.